The monoisotopic (exact) mass is 292 g/mol. The van der Waals surface area contributed by atoms with Crippen molar-refractivity contribution in [2.45, 2.75) is 31.4 Å². The summed E-state index contributed by atoms with van der Waals surface area (Å²) >= 11 is 2.28. The van der Waals surface area contributed by atoms with Crippen LogP contribution in [0.15, 0.2) is 12.4 Å². The summed E-state index contributed by atoms with van der Waals surface area (Å²) < 4.78 is 8.66. The predicted molar refractivity (Wildman–Crippen MR) is 58.6 cm³/mol. The number of ether oxygens (including phenoxy) is 1. The summed E-state index contributed by atoms with van der Waals surface area (Å²) in [6, 6.07) is 0.452. The first-order chi connectivity index (χ1) is 6.31. The molecule has 1 aromatic rings. The first kappa shape index (κ1) is 9.45. The lowest BCUT2D eigenvalue weighted by atomic mass is 10.2. The molecule has 0 N–H and O–H groups in total. The average Bonchev–Trinajstić information content (AvgIpc) is 2.71. The molecule has 0 amide bonds. The maximum atomic E-state index is 5.42. The lowest BCUT2D eigenvalue weighted by Gasteiger charge is -2.18. The topological polar surface area (TPSA) is 27.1 Å². The van der Waals surface area contributed by atoms with Gasteiger partial charge in [-0.3, -0.25) is 4.68 Å². The Bertz CT molecular complexity index is 287. The molecule has 1 aliphatic carbocycles. The van der Waals surface area contributed by atoms with Crippen LogP contribution in [-0.2, 0) is 4.74 Å². The van der Waals surface area contributed by atoms with E-state index >= 15 is 0 Å². The summed E-state index contributed by atoms with van der Waals surface area (Å²) in [7, 11) is 1.79. The standard InChI is InChI=1S/C9H13IN2O/c1-13-9-4-2-3-8(9)12-6-7(10)5-11-12/h5-6,8-9H,2-4H2,1H3. The molecule has 2 atom stereocenters. The van der Waals surface area contributed by atoms with Gasteiger partial charge in [-0.05, 0) is 41.9 Å². The van der Waals surface area contributed by atoms with Gasteiger partial charge in [0.15, 0.2) is 0 Å². The van der Waals surface area contributed by atoms with Crippen LogP contribution in [0.2, 0.25) is 0 Å². The molecule has 0 radical (unpaired) electrons. The molecular weight excluding hydrogens is 279 g/mol. The minimum Gasteiger partial charge on any atom is -0.379 e. The van der Waals surface area contributed by atoms with Crippen molar-refractivity contribution >= 4 is 22.6 Å². The SMILES string of the molecule is COC1CCCC1n1cc(I)cn1. The molecule has 3 nitrogen and oxygen atoms in total. The van der Waals surface area contributed by atoms with Gasteiger partial charge in [0.05, 0.1) is 21.9 Å². The van der Waals surface area contributed by atoms with Crippen molar-refractivity contribution in [2.75, 3.05) is 7.11 Å². The van der Waals surface area contributed by atoms with Gasteiger partial charge in [-0.25, -0.2) is 0 Å². The van der Waals surface area contributed by atoms with Crippen LogP contribution in [0.25, 0.3) is 0 Å². The number of aromatic nitrogens is 2. The Morgan fingerprint density at radius 2 is 2.46 bits per heavy atom. The summed E-state index contributed by atoms with van der Waals surface area (Å²) in [6.45, 7) is 0. The Labute approximate surface area is 91.6 Å². The fraction of sp³-hybridized carbons (Fsp3) is 0.667. The molecule has 0 aliphatic heterocycles. The zero-order chi connectivity index (χ0) is 9.26. The van der Waals surface area contributed by atoms with Gasteiger partial charge in [0.2, 0.25) is 0 Å². The van der Waals surface area contributed by atoms with Crippen molar-refractivity contribution in [3.63, 3.8) is 0 Å². The van der Waals surface area contributed by atoms with E-state index < -0.39 is 0 Å². The van der Waals surface area contributed by atoms with Crippen LogP contribution in [0.3, 0.4) is 0 Å². The highest BCUT2D eigenvalue weighted by Crippen LogP contribution is 2.31. The molecule has 0 spiro atoms. The van der Waals surface area contributed by atoms with Crippen LogP contribution >= 0.6 is 22.6 Å². The lowest BCUT2D eigenvalue weighted by Crippen LogP contribution is -2.20. The van der Waals surface area contributed by atoms with E-state index in [0.717, 1.165) is 6.42 Å². The van der Waals surface area contributed by atoms with E-state index in [-0.39, 0.29) is 0 Å². The minimum atomic E-state index is 0.357. The summed E-state index contributed by atoms with van der Waals surface area (Å²) in [5.41, 5.74) is 0. The Morgan fingerprint density at radius 3 is 3.08 bits per heavy atom. The van der Waals surface area contributed by atoms with E-state index in [0.29, 0.717) is 12.1 Å². The normalized spacial score (nSPS) is 28.2. The fourth-order valence-electron chi connectivity index (χ4n) is 1.98. The highest BCUT2D eigenvalue weighted by Gasteiger charge is 2.28. The number of halogens is 1. The van der Waals surface area contributed by atoms with Gasteiger partial charge >= 0.3 is 0 Å². The Balaban J connectivity index is 2.15. The zero-order valence-electron chi connectivity index (χ0n) is 7.61. The van der Waals surface area contributed by atoms with Crippen molar-refractivity contribution in [1.29, 1.82) is 0 Å². The first-order valence-corrected chi connectivity index (χ1v) is 5.61. The number of methoxy groups -OCH3 is 1. The third-order valence-corrected chi connectivity index (χ3v) is 3.19. The number of hydrogen-bond acceptors (Lipinski definition) is 2. The molecule has 0 aromatic carbocycles. The van der Waals surface area contributed by atoms with Crippen molar-refractivity contribution < 1.29 is 4.74 Å². The summed E-state index contributed by atoms with van der Waals surface area (Å²) in [5.74, 6) is 0. The zero-order valence-corrected chi connectivity index (χ0v) is 9.77. The van der Waals surface area contributed by atoms with Gasteiger partial charge in [-0.15, -0.1) is 0 Å². The average molecular weight is 292 g/mol. The van der Waals surface area contributed by atoms with Crippen molar-refractivity contribution in [3.8, 4) is 0 Å². The van der Waals surface area contributed by atoms with Crippen LogP contribution in [0.1, 0.15) is 25.3 Å². The maximum Gasteiger partial charge on any atom is 0.0795 e. The van der Waals surface area contributed by atoms with Gasteiger partial charge < -0.3 is 4.74 Å². The number of rotatable bonds is 2. The fourth-order valence-corrected chi connectivity index (χ4v) is 2.39. The van der Waals surface area contributed by atoms with E-state index in [4.69, 9.17) is 4.74 Å². The smallest absolute Gasteiger partial charge is 0.0795 e. The van der Waals surface area contributed by atoms with Crippen LogP contribution in [-0.4, -0.2) is 23.0 Å². The van der Waals surface area contributed by atoms with E-state index in [1.807, 2.05) is 10.9 Å². The van der Waals surface area contributed by atoms with Gasteiger partial charge in [0.25, 0.3) is 0 Å². The molecule has 2 rings (SSSR count). The van der Waals surface area contributed by atoms with E-state index in [2.05, 4.69) is 33.9 Å². The molecule has 4 heteroatoms. The number of nitrogens with zero attached hydrogens (tertiary/aromatic N) is 2. The minimum absolute atomic E-state index is 0.357. The quantitative estimate of drug-likeness (QED) is 0.782. The van der Waals surface area contributed by atoms with Crippen molar-refractivity contribution in [3.05, 3.63) is 16.0 Å². The van der Waals surface area contributed by atoms with Crippen LogP contribution in [0.4, 0.5) is 0 Å². The summed E-state index contributed by atoms with van der Waals surface area (Å²) in [5, 5.41) is 4.33. The highest BCUT2D eigenvalue weighted by molar-refractivity contribution is 14.1. The maximum absolute atomic E-state index is 5.42. The largest absolute Gasteiger partial charge is 0.379 e. The van der Waals surface area contributed by atoms with Crippen molar-refractivity contribution in [2.24, 2.45) is 0 Å². The van der Waals surface area contributed by atoms with Crippen LogP contribution in [0.5, 0.6) is 0 Å². The molecule has 0 saturated heterocycles. The molecule has 0 bridgehead atoms. The molecule has 1 aromatic heterocycles. The molecule has 2 unspecified atom stereocenters. The third-order valence-electron chi connectivity index (χ3n) is 2.63. The molecule has 13 heavy (non-hydrogen) atoms. The second-order valence-corrected chi connectivity index (χ2v) is 4.66. The third kappa shape index (κ3) is 1.88. The van der Waals surface area contributed by atoms with Crippen LogP contribution < -0.4 is 0 Å². The molecule has 1 aliphatic rings. The Hall–Kier alpha value is -0.100. The Kier molecular flexibility index (Phi) is 2.88. The second-order valence-electron chi connectivity index (χ2n) is 3.41. The van der Waals surface area contributed by atoms with Gasteiger partial charge in [0.1, 0.15) is 0 Å². The van der Waals surface area contributed by atoms with Crippen molar-refractivity contribution in [1.82, 2.24) is 9.78 Å². The molecule has 1 heterocycles. The second kappa shape index (κ2) is 3.96. The molecule has 1 saturated carbocycles. The van der Waals surface area contributed by atoms with Gasteiger partial charge in [-0.1, -0.05) is 0 Å². The van der Waals surface area contributed by atoms with Crippen LogP contribution in [0, 0.1) is 3.57 Å². The summed E-state index contributed by atoms with van der Waals surface area (Å²) in [6.07, 6.45) is 7.94. The van der Waals surface area contributed by atoms with E-state index in [1.54, 1.807) is 7.11 Å². The van der Waals surface area contributed by atoms with E-state index in [1.165, 1.54) is 16.4 Å². The first-order valence-electron chi connectivity index (χ1n) is 4.53. The lowest BCUT2D eigenvalue weighted by molar-refractivity contribution is 0.0708. The summed E-state index contributed by atoms with van der Waals surface area (Å²) in [4.78, 5) is 0. The molecule has 1 fully saturated rings. The molecule has 72 valence electrons. The predicted octanol–water partition coefficient (Wildman–Crippen LogP) is 2.23. The van der Waals surface area contributed by atoms with Gasteiger partial charge in [0, 0.05) is 13.3 Å². The van der Waals surface area contributed by atoms with E-state index in [9.17, 15) is 0 Å². The molecular formula is C9H13IN2O. The highest BCUT2D eigenvalue weighted by atomic mass is 127. The Morgan fingerprint density at radius 1 is 1.62 bits per heavy atom. The number of hydrogen-bond donors (Lipinski definition) is 0. The van der Waals surface area contributed by atoms with Gasteiger partial charge in [-0.2, -0.15) is 5.10 Å².